The number of hydrogen-bond donors (Lipinski definition) is 1. The third kappa shape index (κ3) is 3.09. The van der Waals surface area contributed by atoms with E-state index in [0.29, 0.717) is 6.10 Å². The predicted molar refractivity (Wildman–Crippen MR) is 45.8 cm³/mol. The Bertz CT molecular complexity index is 117. The zero-order chi connectivity index (χ0) is 8.97. The van der Waals surface area contributed by atoms with Gasteiger partial charge in [-0.05, 0) is 32.6 Å². The molecule has 1 aliphatic rings. The van der Waals surface area contributed by atoms with E-state index < -0.39 is 6.29 Å². The van der Waals surface area contributed by atoms with Crippen LogP contribution in [0.15, 0.2) is 0 Å². The van der Waals surface area contributed by atoms with Gasteiger partial charge in [0.05, 0.1) is 12.2 Å². The molecule has 0 aromatic rings. The Kier molecular flexibility index (Phi) is 3.98. The van der Waals surface area contributed by atoms with Crippen LogP contribution in [0.25, 0.3) is 0 Å². The molecule has 0 heterocycles. The summed E-state index contributed by atoms with van der Waals surface area (Å²) in [6.45, 7) is 1.66. The SMILES string of the molecule is COC1CCC(O[C@H](C)O)CC1. The normalized spacial score (nSPS) is 33.2. The molecule has 0 saturated heterocycles. The Hall–Kier alpha value is -0.120. The van der Waals surface area contributed by atoms with Gasteiger partial charge in [0.25, 0.3) is 0 Å². The molecule has 0 aliphatic heterocycles. The van der Waals surface area contributed by atoms with Crippen LogP contribution in [0, 0.1) is 0 Å². The minimum atomic E-state index is -0.630. The van der Waals surface area contributed by atoms with Gasteiger partial charge in [-0.2, -0.15) is 0 Å². The van der Waals surface area contributed by atoms with Gasteiger partial charge < -0.3 is 14.6 Å². The summed E-state index contributed by atoms with van der Waals surface area (Å²) in [5, 5.41) is 8.97. The van der Waals surface area contributed by atoms with E-state index in [4.69, 9.17) is 14.6 Å². The smallest absolute Gasteiger partial charge is 0.152 e. The summed E-state index contributed by atoms with van der Waals surface area (Å²) >= 11 is 0. The van der Waals surface area contributed by atoms with Crippen LogP contribution in [0.5, 0.6) is 0 Å². The number of aliphatic hydroxyl groups is 1. The van der Waals surface area contributed by atoms with Crippen LogP contribution in [0.3, 0.4) is 0 Å². The molecule has 0 spiro atoms. The van der Waals surface area contributed by atoms with E-state index in [-0.39, 0.29) is 6.10 Å². The maximum Gasteiger partial charge on any atom is 0.152 e. The predicted octanol–water partition coefficient (Wildman–Crippen LogP) is 1.30. The Labute approximate surface area is 73.7 Å². The molecule has 0 unspecified atom stereocenters. The van der Waals surface area contributed by atoms with Gasteiger partial charge in [-0.3, -0.25) is 0 Å². The zero-order valence-electron chi connectivity index (χ0n) is 7.82. The lowest BCUT2D eigenvalue weighted by molar-refractivity contribution is -0.139. The molecule has 1 N–H and O–H groups in total. The van der Waals surface area contributed by atoms with Gasteiger partial charge in [-0.1, -0.05) is 0 Å². The van der Waals surface area contributed by atoms with Crippen molar-refractivity contribution in [3.8, 4) is 0 Å². The molecule has 1 fully saturated rings. The molecular formula is C9H18O3. The average Bonchev–Trinajstić information content (AvgIpc) is 2.05. The van der Waals surface area contributed by atoms with Crippen molar-refractivity contribution in [2.24, 2.45) is 0 Å². The maximum atomic E-state index is 8.97. The van der Waals surface area contributed by atoms with E-state index in [2.05, 4.69) is 0 Å². The average molecular weight is 174 g/mol. The molecule has 1 saturated carbocycles. The van der Waals surface area contributed by atoms with Crippen molar-refractivity contribution in [2.75, 3.05) is 7.11 Å². The number of hydrogen-bond acceptors (Lipinski definition) is 3. The van der Waals surface area contributed by atoms with Crippen LogP contribution in [0.4, 0.5) is 0 Å². The fourth-order valence-corrected chi connectivity index (χ4v) is 1.68. The highest BCUT2D eigenvalue weighted by Gasteiger charge is 2.21. The minimum Gasteiger partial charge on any atom is -0.381 e. The lowest BCUT2D eigenvalue weighted by Gasteiger charge is -2.28. The van der Waals surface area contributed by atoms with Gasteiger partial charge in [-0.15, -0.1) is 0 Å². The molecule has 1 atom stereocenters. The van der Waals surface area contributed by atoms with Gasteiger partial charge in [0.2, 0.25) is 0 Å². The summed E-state index contributed by atoms with van der Waals surface area (Å²) in [7, 11) is 1.75. The first kappa shape index (κ1) is 9.96. The third-order valence-corrected chi connectivity index (χ3v) is 2.34. The fraction of sp³-hybridized carbons (Fsp3) is 1.00. The quantitative estimate of drug-likeness (QED) is 0.655. The molecule has 1 rings (SSSR count). The summed E-state index contributed by atoms with van der Waals surface area (Å²) in [6, 6.07) is 0. The van der Waals surface area contributed by atoms with Gasteiger partial charge in [0.15, 0.2) is 6.29 Å². The molecule has 0 bridgehead atoms. The molecule has 1 aliphatic carbocycles. The Balaban J connectivity index is 2.17. The van der Waals surface area contributed by atoms with Crippen molar-refractivity contribution in [2.45, 2.75) is 51.1 Å². The standard InChI is InChI=1S/C9H18O3/c1-7(10)12-9-5-3-8(11-2)4-6-9/h7-10H,3-6H2,1-2H3/t7-,8?,9?/m1/s1. The first-order chi connectivity index (χ1) is 5.72. The summed E-state index contributed by atoms with van der Waals surface area (Å²) in [5.74, 6) is 0. The third-order valence-electron chi connectivity index (χ3n) is 2.34. The molecule has 0 aromatic carbocycles. The fourth-order valence-electron chi connectivity index (χ4n) is 1.68. The molecule has 3 nitrogen and oxygen atoms in total. The maximum absolute atomic E-state index is 8.97. The van der Waals surface area contributed by atoms with Gasteiger partial charge in [0.1, 0.15) is 0 Å². The van der Waals surface area contributed by atoms with Crippen LogP contribution in [0.2, 0.25) is 0 Å². The van der Waals surface area contributed by atoms with Crippen LogP contribution < -0.4 is 0 Å². The first-order valence-corrected chi connectivity index (χ1v) is 4.58. The highest BCUT2D eigenvalue weighted by molar-refractivity contribution is 4.72. The number of rotatable bonds is 3. The van der Waals surface area contributed by atoms with Gasteiger partial charge in [-0.25, -0.2) is 0 Å². The van der Waals surface area contributed by atoms with Crippen molar-refractivity contribution in [1.29, 1.82) is 0 Å². The van der Waals surface area contributed by atoms with E-state index in [0.717, 1.165) is 25.7 Å². The number of ether oxygens (including phenoxy) is 2. The molecule has 3 heteroatoms. The lowest BCUT2D eigenvalue weighted by Crippen LogP contribution is -2.28. The van der Waals surface area contributed by atoms with Gasteiger partial charge >= 0.3 is 0 Å². The van der Waals surface area contributed by atoms with E-state index in [1.807, 2.05) is 0 Å². The summed E-state index contributed by atoms with van der Waals surface area (Å²) < 4.78 is 10.5. The Morgan fingerprint density at radius 2 is 1.67 bits per heavy atom. The molecule has 0 radical (unpaired) electrons. The van der Waals surface area contributed by atoms with Crippen LogP contribution in [-0.2, 0) is 9.47 Å². The molecule has 0 aromatic heterocycles. The summed E-state index contributed by atoms with van der Waals surface area (Å²) in [6.07, 6.45) is 4.11. The Morgan fingerprint density at radius 3 is 2.08 bits per heavy atom. The lowest BCUT2D eigenvalue weighted by atomic mass is 9.95. The van der Waals surface area contributed by atoms with E-state index in [1.165, 1.54) is 0 Å². The van der Waals surface area contributed by atoms with Crippen molar-refractivity contribution >= 4 is 0 Å². The van der Waals surface area contributed by atoms with Crippen molar-refractivity contribution in [3.05, 3.63) is 0 Å². The largest absolute Gasteiger partial charge is 0.381 e. The number of aliphatic hydroxyl groups excluding tert-OH is 1. The van der Waals surface area contributed by atoms with Crippen molar-refractivity contribution in [1.82, 2.24) is 0 Å². The Morgan fingerprint density at radius 1 is 1.17 bits per heavy atom. The highest BCUT2D eigenvalue weighted by Crippen LogP contribution is 2.23. The first-order valence-electron chi connectivity index (χ1n) is 4.58. The second-order valence-corrected chi connectivity index (χ2v) is 3.37. The summed E-state index contributed by atoms with van der Waals surface area (Å²) in [5.41, 5.74) is 0. The van der Waals surface area contributed by atoms with Crippen LogP contribution in [-0.4, -0.2) is 30.7 Å². The van der Waals surface area contributed by atoms with E-state index in [9.17, 15) is 0 Å². The molecular weight excluding hydrogens is 156 g/mol. The van der Waals surface area contributed by atoms with E-state index in [1.54, 1.807) is 14.0 Å². The molecule has 12 heavy (non-hydrogen) atoms. The molecule has 72 valence electrons. The minimum absolute atomic E-state index is 0.233. The topological polar surface area (TPSA) is 38.7 Å². The van der Waals surface area contributed by atoms with Gasteiger partial charge in [0, 0.05) is 7.11 Å². The second kappa shape index (κ2) is 4.80. The number of methoxy groups -OCH3 is 1. The van der Waals surface area contributed by atoms with Crippen LogP contribution >= 0.6 is 0 Å². The van der Waals surface area contributed by atoms with Crippen LogP contribution in [0.1, 0.15) is 32.6 Å². The second-order valence-electron chi connectivity index (χ2n) is 3.37. The monoisotopic (exact) mass is 174 g/mol. The van der Waals surface area contributed by atoms with Crippen molar-refractivity contribution < 1.29 is 14.6 Å². The molecule has 0 amide bonds. The summed E-state index contributed by atoms with van der Waals surface area (Å²) in [4.78, 5) is 0. The zero-order valence-corrected chi connectivity index (χ0v) is 7.82. The van der Waals surface area contributed by atoms with Crippen molar-refractivity contribution in [3.63, 3.8) is 0 Å². The highest BCUT2D eigenvalue weighted by atomic mass is 16.6. The van der Waals surface area contributed by atoms with E-state index >= 15 is 0 Å².